The Hall–Kier alpha value is -2.16. The Balaban J connectivity index is 2.12. The Morgan fingerprint density at radius 1 is 0.810 bits per heavy atom. The van der Waals surface area contributed by atoms with Crippen molar-refractivity contribution in [2.24, 2.45) is 0 Å². The van der Waals surface area contributed by atoms with Gasteiger partial charge in [0.1, 0.15) is 0 Å². The third kappa shape index (κ3) is 2.23. The first kappa shape index (κ1) is 13.8. The summed E-state index contributed by atoms with van der Waals surface area (Å²) in [6.07, 6.45) is 2.21. The normalized spacial score (nSPS) is 16.4. The van der Waals surface area contributed by atoms with Gasteiger partial charge in [0.25, 0.3) is 0 Å². The van der Waals surface area contributed by atoms with Crippen molar-refractivity contribution in [2.75, 3.05) is 21.3 Å². The van der Waals surface area contributed by atoms with Crippen molar-refractivity contribution in [3.8, 4) is 17.2 Å². The monoisotopic (exact) mass is 284 g/mol. The summed E-state index contributed by atoms with van der Waals surface area (Å²) in [6, 6.07) is 12.7. The summed E-state index contributed by atoms with van der Waals surface area (Å²) in [5.74, 6) is 2.50. The third-order valence-corrected chi connectivity index (χ3v) is 4.24. The Bertz CT molecular complexity index is 649. The second kappa shape index (κ2) is 5.68. The van der Waals surface area contributed by atoms with E-state index in [1.807, 2.05) is 6.07 Å². The second-order valence-corrected chi connectivity index (χ2v) is 5.21. The van der Waals surface area contributed by atoms with Crippen molar-refractivity contribution in [1.29, 1.82) is 0 Å². The van der Waals surface area contributed by atoms with Gasteiger partial charge in [0, 0.05) is 11.5 Å². The molecule has 0 bridgehead atoms. The summed E-state index contributed by atoms with van der Waals surface area (Å²) >= 11 is 0. The fourth-order valence-corrected chi connectivity index (χ4v) is 3.28. The molecule has 2 aromatic rings. The maximum atomic E-state index is 5.63. The molecule has 0 saturated heterocycles. The third-order valence-electron chi connectivity index (χ3n) is 4.24. The second-order valence-electron chi connectivity index (χ2n) is 5.21. The van der Waals surface area contributed by atoms with Crippen LogP contribution in [-0.4, -0.2) is 21.3 Å². The van der Waals surface area contributed by atoms with Gasteiger partial charge >= 0.3 is 0 Å². The van der Waals surface area contributed by atoms with Crippen LogP contribution in [0, 0.1) is 0 Å². The molecular formula is C18H20O3. The molecule has 1 unspecified atom stereocenters. The number of fused-ring (bicyclic) bond motifs is 1. The topological polar surface area (TPSA) is 27.7 Å². The molecule has 1 aliphatic carbocycles. The Morgan fingerprint density at radius 3 is 2.29 bits per heavy atom. The summed E-state index contributed by atoms with van der Waals surface area (Å²) in [5.41, 5.74) is 3.99. The van der Waals surface area contributed by atoms with Gasteiger partial charge in [-0.2, -0.15) is 0 Å². The Kier molecular flexibility index (Phi) is 3.74. The smallest absolute Gasteiger partial charge is 0.203 e. The van der Waals surface area contributed by atoms with Gasteiger partial charge < -0.3 is 14.2 Å². The lowest BCUT2D eigenvalue weighted by molar-refractivity contribution is 0.321. The summed E-state index contributed by atoms with van der Waals surface area (Å²) in [5, 5.41) is 0. The minimum atomic E-state index is 0.357. The number of hydrogen-bond donors (Lipinski definition) is 0. The van der Waals surface area contributed by atoms with Crippen LogP contribution in [0.2, 0.25) is 0 Å². The zero-order valence-corrected chi connectivity index (χ0v) is 12.7. The first-order valence-corrected chi connectivity index (χ1v) is 7.16. The molecule has 1 atom stereocenters. The number of methoxy groups -OCH3 is 3. The quantitative estimate of drug-likeness (QED) is 0.855. The number of aryl methyl sites for hydroxylation is 1. The molecule has 2 aromatic carbocycles. The lowest BCUT2D eigenvalue weighted by atomic mass is 9.92. The molecule has 3 heteroatoms. The predicted molar refractivity (Wildman–Crippen MR) is 82.7 cm³/mol. The summed E-state index contributed by atoms with van der Waals surface area (Å²) in [6.45, 7) is 0. The van der Waals surface area contributed by atoms with Crippen LogP contribution in [0.4, 0.5) is 0 Å². The summed E-state index contributed by atoms with van der Waals surface area (Å²) in [4.78, 5) is 0. The van der Waals surface area contributed by atoms with Crippen LogP contribution in [0.3, 0.4) is 0 Å². The highest BCUT2D eigenvalue weighted by atomic mass is 16.5. The van der Waals surface area contributed by atoms with Crippen LogP contribution < -0.4 is 14.2 Å². The molecule has 0 N–H and O–H groups in total. The van der Waals surface area contributed by atoms with Crippen molar-refractivity contribution >= 4 is 0 Å². The van der Waals surface area contributed by atoms with Crippen molar-refractivity contribution in [3.05, 3.63) is 53.1 Å². The van der Waals surface area contributed by atoms with Crippen molar-refractivity contribution < 1.29 is 14.2 Å². The van der Waals surface area contributed by atoms with E-state index in [1.165, 1.54) is 16.7 Å². The first-order valence-electron chi connectivity index (χ1n) is 7.16. The molecule has 0 radical (unpaired) electrons. The number of benzene rings is 2. The molecule has 0 heterocycles. The van der Waals surface area contributed by atoms with Gasteiger partial charge in [-0.05, 0) is 30.0 Å². The molecule has 0 fully saturated rings. The molecule has 21 heavy (non-hydrogen) atoms. The van der Waals surface area contributed by atoms with E-state index in [4.69, 9.17) is 14.2 Å². The maximum absolute atomic E-state index is 5.63. The van der Waals surface area contributed by atoms with Gasteiger partial charge in [0.2, 0.25) is 5.75 Å². The van der Waals surface area contributed by atoms with Gasteiger partial charge in [-0.1, -0.05) is 30.3 Å². The Morgan fingerprint density at radius 2 is 1.57 bits per heavy atom. The van der Waals surface area contributed by atoms with Gasteiger partial charge in [-0.15, -0.1) is 0 Å². The fraction of sp³-hybridized carbons (Fsp3) is 0.333. The minimum Gasteiger partial charge on any atom is -0.493 e. The first-order chi connectivity index (χ1) is 10.3. The Labute approximate surface area is 125 Å². The average molecular weight is 284 g/mol. The van der Waals surface area contributed by atoms with E-state index < -0.39 is 0 Å². The number of ether oxygens (including phenoxy) is 3. The van der Waals surface area contributed by atoms with Crippen LogP contribution >= 0.6 is 0 Å². The van der Waals surface area contributed by atoms with E-state index in [2.05, 4.69) is 30.3 Å². The molecular weight excluding hydrogens is 264 g/mol. The molecule has 3 rings (SSSR count). The van der Waals surface area contributed by atoms with Gasteiger partial charge in [-0.25, -0.2) is 0 Å². The van der Waals surface area contributed by atoms with E-state index >= 15 is 0 Å². The SMILES string of the molecule is COc1ccc(C2CCc3ccccc32)c(OC)c1OC. The van der Waals surface area contributed by atoms with Crippen molar-refractivity contribution in [3.63, 3.8) is 0 Å². The van der Waals surface area contributed by atoms with E-state index in [1.54, 1.807) is 21.3 Å². The highest BCUT2D eigenvalue weighted by molar-refractivity contribution is 5.59. The number of hydrogen-bond acceptors (Lipinski definition) is 3. The van der Waals surface area contributed by atoms with Crippen LogP contribution in [-0.2, 0) is 6.42 Å². The average Bonchev–Trinajstić information content (AvgIpc) is 2.97. The van der Waals surface area contributed by atoms with Crippen molar-refractivity contribution in [1.82, 2.24) is 0 Å². The van der Waals surface area contributed by atoms with Crippen LogP contribution in [0.5, 0.6) is 17.2 Å². The zero-order chi connectivity index (χ0) is 14.8. The van der Waals surface area contributed by atoms with E-state index in [9.17, 15) is 0 Å². The largest absolute Gasteiger partial charge is 0.493 e. The maximum Gasteiger partial charge on any atom is 0.203 e. The van der Waals surface area contributed by atoms with Gasteiger partial charge in [0.15, 0.2) is 11.5 Å². The van der Waals surface area contributed by atoms with Crippen LogP contribution in [0.1, 0.15) is 29.0 Å². The molecule has 0 amide bonds. The lowest BCUT2D eigenvalue weighted by Crippen LogP contribution is -2.03. The highest BCUT2D eigenvalue weighted by Gasteiger charge is 2.28. The molecule has 0 saturated carbocycles. The van der Waals surface area contributed by atoms with Gasteiger partial charge in [-0.3, -0.25) is 0 Å². The molecule has 0 aliphatic heterocycles. The molecule has 0 aromatic heterocycles. The minimum absolute atomic E-state index is 0.357. The van der Waals surface area contributed by atoms with Gasteiger partial charge in [0.05, 0.1) is 21.3 Å². The predicted octanol–water partition coefficient (Wildman–Crippen LogP) is 3.79. The molecule has 0 spiro atoms. The summed E-state index contributed by atoms with van der Waals surface area (Å²) in [7, 11) is 4.97. The van der Waals surface area contributed by atoms with Crippen LogP contribution in [0.15, 0.2) is 36.4 Å². The summed E-state index contributed by atoms with van der Waals surface area (Å²) < 4.78 is 16.5. The van der Waals surface area contributed by atoms with Crippen LogP contribution in [0.25, 0.3) is 0 Å². The fourth-order valence-electron chi connectivity index (χ4n) is 3.28. The van der Waals surface area contributed by atoms with E-state index in [0.29, 0.717) is 17.4 Å². The van der Waals surface area contributed by atoms with E-state index in [-0.39, 0.29) is 0 Å². The van der Waals surface area contributed by atoms with E-state index in [0.717, 1.165) is 18.6 Å². The highest BCUT2D eigenvalue weighted by Crippen LogP contribution is 2.47. The standard InChI is InChI=1S/C18H20O3/c1-19-16-11-10-15(17(20-2)18(16)21-3)14-9-8-12-6-4-5-7-13(12)14/h4-7,10-11,14H,8-9H2,1-3H3. The van der Waals surface area contributed by atoms with Crippen molar-refractivity contribution in [2.45, 2.75) is 18.8 Å². The molecule has 110 valence electrons. The number of rotatable bonds is 4. The zero-order valence-electron chi connectivity index (χ0n) is 12.7. The molecule has 1 aliphatic rings. The lowest BCUT2D eigenvalue weighted by Gasteiger charge is -2.20. The molecule has 3 nitrogen and oxygen atoms in total.